The van der Waals surface area contributed by atoms with Crippen molar-refractivity contribution in [3.63, 3.8) is 0 Å². The molecule has 2 aromatic rings. The summed E-state index contributed by atoms with van der Waals surface area (Å²) in [6.07, 6.45) is 8.18. The van der Waals surface area contributed by atoms with E-state index in [1.165, 1.54) is 58.8 Å². The number of amides is 2. The summed E-state index contributed by atoms with van der Waals surface area (Å²) in [5.41, 5.74) is 12.5. The van der Waals surface area contributed by atoms with Crippen LogP contribution in [0, 0.1) is 5.41 Å². The molecule has 1 aliphatic rings. The highest BCUT2D eigenvalue weighted by Crippen LogP contribution is 2.61. The molecule has 2 aromatic heterocycles. The maximum Gasteiger partial charge on any atom is 0.481 e. The summed E-state index contributed by atoms with van der Waals surface area (Å²) < 4.78 is 62.4. The first-order chi connectivity index (χ1) is 32.1. The van der Waals surface area contributed by atoms with Crippen molar-refractivity contribution in [2.75, 3.05) is 44.3 Å². The van der Waals surface area contributed by atoms with Crippen LogP contribution >= 0.6 is 35.2 Å². The Morgan fingerprint density at radius 2 is 1.51 bits per heavy atom. The highest BCUT2D eigenvalue weighted by molar-refractivity contribution is 8.13. The molecule has 3 unspecified atom stereocenters. The summed E-state index contributed by atoms with van der Waals surface area (Å²) in [4.78, 5) is 91.1. The molecule has 0 aromatic carbocycles. The first-order valence-electron chi connectivity index (χ1n) is 22.1. The SMILES string of the molecule is CC(C)(COP(=O)(O)OP(=O)(O)OC[C@H]1O[C@@H](n2cnc3c(N)ncnc32)[C@@H](O)C1OP(=O)(O)O)[C@@H](O)C(=O)NCCC(=O)NCCSC(=O)CCCCCCCCCCCCCCCN=[N+]=[N-]. The maximum absolute atomic E-state index is 12.7. The number of phosphoric acid groups is 3. The molecule has 0 radical (unpaired) electrons. The van der Waals surface area contributed by atoms with Gasteiger partial charge in [-0.05, 0) is 18.4 Å². The minimum Gasteiger partial charge on any atom is -0.386 e. The van der Waals surface area contributed by atoms with E-state index in [1.54, 1.807) is 0 Å². The predicted octanol–water partition coefficient (Wildman–Crippen LogP) is 4.44. The number of rotatable bonds is 35. The lowest BCUT2D eigenvalue weighted by molar-refractivity contribution is -0.137. The fourth-order valence-electron chi connectivity index (χ4n) is 6.81. The molecule has 0 saturated carbocycles. The van der Waals surface area contributed by atoms with Gasteiger partial charge in [0.25, 0.3) is 0 Å². The third kappa shape index (κ3) is 21.9. The standard InChI is InChI=1S/C37H65N10O17P3S/c1-37(2,32(51)35(52)41-19-17-27(48)40-20-21-68-28(49)16-14-12-10-8-6-4-3-5-7-9-11-13-15-18-45-46-39)23-61-67(58,59)64-66(56,57)60-22-26-31(63-65(53,54)55)30(50)36(62-26)47-25-44-29-33(38)42-24-43-34(29)47/h24-26,30-32,36,50-51H,3-23H2,1-2H3,(H,40,48)(H,41,52)(H,56,57)(H,58,59)(H2,38,42,43)(H2,53,54,55)/t26-,30+,31?,32+,36-/m1/s1. The minimum absolute atomic E-state index is 0.0300. The van der Waals surface area contributed by atoms with Gasteiger partial charge in [-0.1, -0.05) is 101 Å². The lowest BCUT2D eigenvalue weighted by Crippen LogP contribution is -2.46. The van der Waals surface area contributed by atoms with Crippen molar-refractivity contribution in [1.82, 2.24) is 30.2 Å². The second kappa shape index (κ2) is 29.3. The lowest BCUT2D eigenvalue weighted by Gasteiger charge is -2.30. The van der Waals surface area contributed by atoms with Crippen LogP contribution in [-0.2, 0) is 50.7 Å². The van der Waals surface area contributed by atoms with Gasteiger partial charge in [0.1, 0.15) is 36.3 Å². The number of carbonyl (C=O) groups is 3. The molecule has 10 N–H and O–H groups in total. The Labute approximate surface area is 397 Å². The number of imidazole rings is 1. The van der Waals surface area contributed by atoms with E-state index in [9.17, 15) is 57.9 Å². The topological polar surface area (TPSA) is 412 Å². The smallest absolute Gasteiger partial charge is 0.386 e. The van der Waals surface area contributed by atoms with Crippen LogP contribution < -0.4 is 16.4 Å². The Morgan fingerprint density at radius 1 is 0.912 bits per heavy atom. The fraction of sp³-hybridized carbons (Fsp3) is 0.784. The zero-order chi connectivity index (χ0) is 50.4. The zero-order valence-corrected chi connectivity index (χ0v) is 41.5. The van der Waals surface area contributed by atoms with E-state index in [0.717, 1.165) is 67.5 Å². The number of ether oxygens (including phenoxy) is 1. The van der Waals surface area contributed by atoms with Crippen molar-refractivity contribution in [2.24, 2.45) is 10.5 Å². The second-order valence-corrected chi connectivity index (χ2v) is 22.0. The number of thioether (sulfide) groups is 1. The largest absolute Gasteiger partial charge is 0.481 e. The molecule has 2 amide bonds. The molecule has 7 atom stereocenters. The third-order valence-electron chi connectivity index (χ3n) is 10.5. The van der Waals surface area contributed by atoms with Crippen molar-refractivity contribution in [2.45, 2.75) is 141 Å². The van der Waals surface area contributed by atoms with Crippen LogP contribution in [0.4, 0.5) is 5.82 Å². The Bertz CT molecular complexity index is 2110. The van der Waals surface area contributed by atoms with Crippen LogP contribution in [0.25, 0.3) is 21.6 Å². The number of aliphatic hydroxyl groups excluding tert-OH is 2. The minimum atomic E-state index is -5.58. The number of hydrogen-bond acceptors (Lipinski definition) is 19. The number of aromatic nitrogens is 4. The average Bonchev–Trinajstić information content (AvgIpc) is 3.83. The molecule has 1 fully saturated rings. The number of nitrogens with zero attached hydrogens (tertiary/aromatic N) is 7. The molecule has 0 bridgehead atoms. The van der Waals surface area contributed by atoms with E-state index in [2.05, 4.69) is 44.4 Å². The maximum atomic E-state index is 12.7. The van der Waals surface area contributed by atoms with Crippen molar-refractivity contribution in [3.05, 3.63) is 23.1 Å². The number of nitrogens with two attached hydrogens (primary N) is 1. The Kier molecular flexibility index (Phi) is 25.5. The second-order valence-electron chi connectivity index (χ2n) is 16.6. The van der Waals surface area contributed by atoms with Gasteiger partial charge in [-0.2, -0.15) is 4.31 Å². The van der Waals surface area contributed by atoms with Crippen LogP contribution in [-0.4, -0.2) is 129 Å². The molecule has 3 heterocycles. The Hall–Kier alpha value is -3.13. The quantitative estimate of drug-likeness (QED) is 0.0151. The number of phosphoric ester groups is 3. The highest BCUT2D eigenvalue weighted by Gasteiger charge is 2.50. The Morgan fingerprint density at radius 3 is 2.13 bits per heavy atom. The molecular weight excluding hydrogens is 981 g/mol. The summed E-state index contributed by atoms with van der Waals surface area (Å²) in [6.45, 7) is 1.11. The predicted molar refractivity (Wildman–Crippen MR) is 246 cm³/mol. The molecule has 1 saturated heterocycles. The van der Waals surface area contributed by atoms with Gasteiger partial charge in [0, 0.05) is 48.6 Å². The monoisotopic (exact) mass is 1050 g/mol. The number of fused-ring (bicyclic) bond motifs is 1. The van der Waals surface area contributed by atoms with E-state index in [-0.39, 0.29) is 41.6 Å². The van der Waals surface area contributed by atoms with Gasteiger partial charge in [0.05, 0.1) is 19.5 Å². The van der Waals surface area contributed by atoms with Gasteiger partial charge >= 0.3 is 23.5 Å². The van der Waals surface area contributed by atoms with Gasteiger partial charge in [-0.25, -0.2) is 28.6 Å². The summed E-state index contributed by atoms with van der Waals surface area (Å²) in [7, 11) is -16.4. The summed E-state index contributed by atoms with van der Waals surface area (Å²) >= 11 is 1.14. The van der Waals surface area contributed by atoms with E-state index in [4.69, 9.17) is 25.0 Å². The van der Waals surface area contributed by atoms with E-state index < -0.39 is 84.6 Å². The summed E-state index contributed by atoms with van der Waals surface area (Å²) in [6, 6.07) is 0. The summed E-state index contributed by atoms with van der Waals surface area (Å²) in [5, 5.41) is 30.2. The van der Waals surface area contributed by atoms with Gasteiger partial charge in [0.2, 0.25) is 11.8 Å². The zero-order valence-electron chi connectivity index (χ0n) is 38.0. The van der Waals surface area contributed by atoms with Crippen LogP contribution in [0.3, 0.4) is 0 Å². The van der Waals surface area contributed by atoms with Crippen LogP contribution in [0.5, 0.6) is 0 Å². The molecule has 31 heteroatoms. The van der Waals surface area contributed by atoms with E-state index in [0.29, 0.717) is 18.7 Å². The first-order valence-corrected chi connectivity index (χ1v) is 27.6. The van der Waals surface area contributed by atoms with Crippen molar-refractivity contribution in [3.8, 4) is 0 Å². The molecule has 1 aliphatic heterocycles. The number of nitrogens with one attached hydrogen (secondary N) is 2. The van der Waals surface area contributed by atoms with Gasteiger partial charge in [-0.15, -0.1) is 0 Å². The third-order valence-corrected chi connectivity index (χ3v) is 14.5. The molecule has 0 spiro atoms. The normalized spacial score (nSPS) is 19.8. The summed E-state index contributed by atoms with van der Waals surface area (Å²) in [5.74, 6) is -1.06. The number of hydrogen-bond donors (Lipinski definition) is 9. The first kappa shape index (κ1) is 59.2. The lowest BCUT2D eigenvalue weighted by atomic mass is 9.87. The van der Waals surface area contributed by atoms with Crippen LogP contribution in [0.15, 0.2) is 17.8 Å². The van der Waals surface area contributed by atoms with Gasteiger partial charge in [0.15, 0.2) is 22.8 Å². The van der Waals surface area contributed by atoms with Crippen LogP contribution in [0.1, 0.15) is 116 Å². The van der Waals surface area contributed by atoms with Gasteiger partial charge < -0.3 is 50.9 Å². The number of azide groups is 1. The number of unbranched alkanes of at least 4 members (excludes halogenated alkanes) is 12. The number of aliphatic hydroxyl groups is 2. The van der Waals surface area contributed by atoms with E-state index in [1.807, 2.05) is 0 Å². The van der Waals surface area contributed by atoms with Crippen LogP contribution in [0.2, 0.25) is 0 Å². The van der Waals surface area contributed by atoms with Crippen molar-refractivity contribution in [1.29, 1.82) is 0 Å². The molecular formula is C37H65N10O17P3S. The highest BCUT2D eigenvalue weighted by atomic mass is 32.2. The molecule has 386 valence electrons. The van der Waals surface area contributed by atoms with Crippen molar-refractivity contribution >= 4 is 69.1 Å². The number of nitrogen functional groups attached to an aromatic ring is 1. The number of anilines is 1. The van der Waals surface area contributed by atoms with Crippen molar-refractivity contribution < 1.29 is 80.5 Å². The number of carbonyl (C=O) groups excluding carboxylic acids is 3. The van der Waals surface area contributed by atoms with Gasteiger partial charge in [-0.3, -0.25) is 32.5 Å². The molecule has 3 rings (SSSR count). The molecule has 68 heavy (non-hydrogen) atoms. The molecule has 0 aliphatic carbocycles. The fourth-order valence-corrected chi connectivity index (χ4v) is 10.4. The Balaban J connectivity index is 1.28. The van der Waals surface area contributed by atoms with E-state index >= 15 is 0 Å². The average molecular weight is 1050 g/mol. The molecule has 27 nitrogen and oxygen atoms in total.